The van der Waals surface area contributed by atoms with E-state index >= 15 is 8.78 Å². The number of carbonyl (C=O) groups excluding carboxylic acids is 2. The lowest BCUT2D eigenvalue weighted by molar-refractivity contribution is -0.156. The lowest BCUT2D eigenvalue weighted by atomic mass is 9.71. The number of carbonyl (C=O) groups is 2. The van der Waals surface area contributed by atoms with Gasteiger partial charge in [-0.05, 0) is 38.7 Å². The molecule has 0 spiro atoms. The van der Waals surface area contributed by atoms with Gasteiger partial charge in [-0.1, -0.05) is 23.7 Å². The van der Waals surface area contributed by atoms with E-state index in [0.717, 1.165) is 23.9 Å². The molecule has 6 rings (SSSR count). The minimum atomic E-state index is -1.52. The van der Waals surface area contributed by atoms with Crippen molar-refractivity contribution in [3.63, 3.8) is 0 Å². The lowest BCUT2D eigenvalue weighted by Crippen LogP contribution is -2.62. The lowest BCUT2D eigenvalue weighted by Gasteiger charge is -2.44. The van der Waals surface area contributed by atoms with Crippen molar-refractivity contribution in [2.45, 2.75) is 43.7 Å². The first-order valence-electron chi connectivity index (χ1n) is 13.3. The van der Waals surface area contributed by atoms with Crippen LogP contribution < -0.4 is 10.2 Å². The van der Waals surface area contributed by atoms with Crippen LogP contribution in [0.1, 0.15) is 48.2 Å². The second-order valence-corrected chi connectivity index (χ2v) is 11.9. The van der Waals surface area contributed by atoms with Crippen LogP contribution in [-0.2, 0) is 17.3 Å². The number of anilines is 2. The number of hydrogen-bond acceptors (Lipinski definition) is 6. The summed E-state index contributed by atoms with van der Waals surface area (Å²) in [4.78, 5) is 33.0. The van der Waals surface area contributed by atoms with Gasteiger partial charge >= 0.3 is 0 Å². The Morgan fingerprint density at radius 3 is 2.56 bits per heavy atom. The molecule has 2 aromatic heterocycles. The number of likely N-dealkylation sites (tertiary alicyclic amines) is 1. The van der Waals surface area contributed by atoms with Crippen molar-refractivity contribution in [3.8, 4) is 0 Å². The first-order chi connectivity index (χ1) is 19.3. The average Bonchev–Trinajstić information content (AvgIpc) is 3.70. The van der Waals surface area contributed by atoms with E-state index in [9.17, 15) is 19.1 Å². The highest BCUT2D eigenvalue weighted by Gasteiger charge is 2.50. The summed E-state index contributed by atoms with van der Waals surface area (Å²) in [7, 11) is 1.49. The van der Waals surface area contributed by atoms with Crippen LogP contribution in [0.3, 0.4) is 0 Å². The highest BCUT2D eigenvalue weighted by molar-refractivity contribution is 6.30. The van der Waals surface area contributed by atoms with Crippen molar-refractivity contribution in [2.75, 3.05) is 29.9 Å². The third-order valence-corrected chi connectivity index (χ3v) is 8.70. The van der Waals surface area contributed by atoms with E-state index in [4.69, 9.17) is 11.6 Å². The molecule has 41 heavy (non-hydrogen) atoms. The summed E-state index contributed by atoms with van der Waals surface area (Å²) < 4.78 is 47.8. The predicted molar refractivity (Wildman–Crippen MR) is 144 cm³/mol. The summed E-state index contributed by atoms with van der Waals surface area (Å²) in [6.07, 6.45) is 3.87. The van der Waals surface area contributed by atoms with Crippen molar-refractivity contribution in [2.24, 2.45) is 13.0 Å². The van der Waals surface area contributed by atoms with Gasteiger partial charge in [0.15, 0.2) is 23.3 Å². The first-order valence-corrected chi connectivity index (χ1v) is 13.6. The van der Waals surface area contributed by atoms with E-state index in [-0.39, 0.29) is 70.8 Å². The summed E-state index contributed by atoms with van der Waals surface area (Å²) in [6.45, 7) is 3.20. The Bertz CT molecular complexity index is 1590. The second-order valence-electron chi connectivity index (χ2n) is 11.5. The Labute approximate surface area is 238 Å². The zero-order chi connectivity index (χ0) is 29.4. The molecule has 2 atom stereocenters. The molecule has 1 saturated carbocycles. The van der Waals surface area contributed by atoms with Gasteiger partial charge in [-0.2, -0.15) is 5.10 Å². The van der Waals surface area contributed by atoms with Crippen LogP contribution in [0.2, 0.25) is 5.02 Å². The molecule has 3 aliphatic rings. The van der Waals surface area contributed by atoms with E-state index < -0.39 is 34.4 Å². The predicted octanol–water partition coefficient (Wildman–Crippen LogP) is 3.64. The maximum atomic E-state index is 16.4. The van der Waals surface area contributed by atoms with E-state index in [1.54, 1.807) is 6.92 Å². The van der Waals surface area contributed by atoms with Gasteiger partial charge in [-0.3, -0.25) is 19.2 Å². The Kier molecular flexibility index (Phi) is 6.34. The third kappa shape index (κ3) is 4.35. The van der Waals surface area contributed by atoms with Gasteiger partial charge in [0.1, 0.15) is 11.4 Å². The van der Waals surface area contributed by atoms with Crippen molar-refractivity contribution >= 4 is 35.1 Å². The van der Waals surface area contributed by atoms with Crippen LogP contribution in [0.4, 0.5) is 24.8 Å². The number of nitrogens with zero attached hydrogens (tertiary/aromatic N) is 5. The smallest absolute Gasteiger partial charge is 0.261 e. The molecule has 1 aliphatic carbocycles. The first kappa shape index (κ1) is 27.5. The van der Waals surface area contributed by atoms with Crippen molar-refractivity contribution < 1.29 is 27.9 Å². The van der Waals surface area contributed by atoms with Gasteiger partial charge in [0.25, 0.3) is 11.8 Å². The molecule has 13 heteroatoms. The summed E-state index contributed by atoms with van der Waals surface area (Å²) in [5, 5.41) is 17.4. The fraction of sp³-hybridized carbons (Fsp3) is 0.429. The topological polar surface area (TPSA) is 104 Å². The Balaban J connectivity index is 1.36. The second kappa shape index (κ2) is 9.45. The minimum absolute atomic E-state index is 0.0128. The average molecular weight is 589 g/mol. The summed E-state index contributed by atoms with van der Waals surface area (Å²) >= 11 is 6.09. The molecule has 9 nitrogen and oxygen atoms in total. The van der Waals surface area contributed by atoms with Crippen molar-refractivity contribution in [1.29, 1.82) is 0 Å². The normalized spacial score (nSPS) is 22.3. The number of aliphatic hydroxyl groups is 1. The van der Waals surface area contributed by atoms with Gasteiger partial charge in [0.05, 0.1) is 22.8 Å². The molecule has 0 bridgehead atoms. The van der Waals surface area contributed by atoms with Crippen LogP contribution in [0, 0.1) is 23.4 Å². The molecule has 4 heterocycles. The molecule has 2 N–H and O–H groups in total. The number of benzene rings is 1. The molecule has 1 saturated heterocycles. The Morgan fingerprint density at radius 1 is 1.22 bits per heavy atom. The van der Waals surface area contributed by atoms with Gasteiger partial charge in [-0.15, -0.1) is 0 Å². The van der Waals surface area contributed by atoms with Crippen LogP contribution in [0.15, 0.2) is 30.6 Å². The number of fused-ring (bicyclic) bond motifs is 1. The molecular formula is C28H28ClF3N6O3. The molecule has 216 valence electrons. The van der Waals surface area contributed by atoms with Gasteiger partial charge < -0.3 is 15.3 Å². The maximum Gasteiger partial charge on any atom is 0.261 e. The number of rotatable bonds is 6. The van der Waals surface area contributed by atoms with Gasteiger partial charge in [-0.25, -0.2) is 18.2 Å². The van der Waals surface area contributed by atoms with Crippen LogP contribution >= 0.6 is 11.6 Å². The van der Waals surface area contributed by atoms with Crippen molar-refractivity contribution in [3.05, 3.63) is 69.8 Å². The summed E-state index contributed by atoms with van der Waals surface area (Å²) in [6, 6.07) is 3.96. The van der Waals surface area contributed by atoms with Crippen LogP contribution in [0.25, 0.3) is 0 Å². The number of nitrogens with one attached hydrogen (secondary N) is 1. The quantitative estimate of drug-likeness (QED) is 0.456. The monoisotopic (exact) mass is 588 g/mol. The number of aryl methyl sites for hydroxylation is 1. The van der Waals surface area contributed by atoms with Gasteiger partial charge in [0, 0.05) is 49.4 Å². The number of pyridine rings is 1. The van der Waals surface area contributed by atoms with E-state index in [2.05, 4.69) is 15.4 Å². The van der Waals surface area contributed by atoms with Crippen LogP contribution in [0.5, 0.6) is 0 Å². The maximum absolute atomic E-state index is 16.4. The van der Waals surface area contributed by atoms with E-state index in [1.165, 1.54) is 47.9 Å². The fourth-order valence-corrected chi connectivity index (χ4v) is 6.10. The largest absolute Gasteiger partial charge is 0.380 e. The highest BCUT2D eigenvalue weighted by atomic mass is 35.5. The summed E-state index contributed by atoms with van der Waals surface area (Å²) in [5.74, 6) is -4.03. The SMILES string of the molecule is Cn1cc(F)c(N2C[C@](C)(c3cccc(Cl)c3F)c3c(cnc(NC4CN(C(=O)[C@](C)(O)C5CC5)C4)c3F)C2=O)n1. The third-order valence-electron chi connectivity index (χ3n) is 8.40. The van der Waals surface area contributed by atoms with Gasteiger partial charge in [0.2, 0.25) is 0 Å². The fourth-order valence-electron chi connectivity index (χ4n) is 5.92. The van der Waals surface area contributed by atoms with E-state index in [0.29, 0.717) is 0 Å². The molecule has 0 unspecified atom stereocenters. The molecular weight excluding hydrogens is 561 g/mol. The number of hydrogen-bond donors (Lipinski definition) is 2. The molecule has 2 aliphatic heterocycles. The molecule has 1 aromatic carbocycles. The van der Waals surface area contributed by atoms with Crippen molar-refractivity contribution in [1.82, 2.24) is 19.7 Å². The highest BCUT2D eigenvalue weighted by Crippen LogP contribution is 2.45. The Hall–Kier alpha value is -3.64. The number of aromatic nitrogens is 3. The standard InChI is InChI=1S/C28H28ClF3N6O3/c1-27(17-5-4-6-18(29)21(17)31)13-38(24-19(30)12-36(3)35-24)25(39)16-9-33-23(22(32)20(16)27)34-15-10-37(11-15)26(40)28(2,41)14-7-8-14/h4-6,9,12,14-15,41H,7-8,10-11,13H2,1-3H3,(H,33,34)/t27-,28-/m1/s1. The van der Waals surface area contributed by atoms with E-state index in [1.807, 2.05) is 0 Å². The van der Waals surface area contributed by atoms with Crippen LogP contribution in [-0.4, -0.2) is 67.9 Å². The Morgan fingerprint density at radius 2 is 1.93 bits per heavy atom. The molecule has 2 fully saturated rings. The summed E-state index contributed by atoms with van der Waals surface area (Å²) in [5.41, 5.74) is -3.22. The molecule has 0 radical (unpaired) electrons. The minimum Gasteiger partial charge on any atom is -0.380 e. The number of amides is 2. The number of halogens is 4. The zero-order valence-corrected chi connectivity index (χ0v) is 23.3. The molecule has 3 aromatic rings. The molecule has 2 amide bonds. The zero-order valence-electron chi connectivity index (χ0n) is 22.6.